The van der Waals surface area contributed by atoms with Crippen LogP contribution >= 0.6 is 24.0 Å². The maximum absolute atomic E-state index is 5.81. The highest BCUT2D eigenvalue weighted by Crippen LogP contribution is 2.23. The lowest BCUT2D eigenvalue weighted by Crippen LogP contribution is -2.45. The quantitative estimate of drug-likeness (QED) is 0.423. The number of guanidine groups is 1. The van der Waals surface area contributed by atoms with E-state index in [1.807, 2.05) is 18.7 Å². The van der Waals surface area contributed by atoms with Crippen molar-refractivity contribution >= 4 is 29.9 Å². The molecular formula is C16H30IN5O. The highest BCUT2D eigenvalue weighted by Gasteiger charge is 2.29. The van der Waals surface area contributed by atoms with Crippen molar-refractivity contribution in [3.8, 4) is 0 Å². The Hall–Kier alpha value is -0.830. The summed E-state index contributed by atoms with van der Waals surface area (Å²) in [6.07, 6.45) is 2.24. The molecule has 2 heterocycles. The second kappa shape index (κ2) is 8.86. The van der Waals surface area contributed by atoms with E-state index in [9.17, 15) is 0 Å². The van der Waals surface area contributed by atoms with Gasteiger partial charge in [-0.1, -0.05) is 0 Å². The van der Waals surface area contributed by atoms with Crippen LogP contribution in [-0.2, 0) is 18.3 Å². The Morgan fingerprint density at radius 3 is 2.65 bits per heavy atom. The molecule has 0 bridgehead atoms. The van der Waals surface area contributed by atoms with Gasteiger partial charge in [0, 0.05) is 38.0 Å². The van der Waals surface area contributed by atoms with Crippen LogP contribution in [-0.4, -0.2) is 41.0 Å². The average molecular weight is 435 g/mol. The Kier molecular flexibility index (Phi) is 7.79. The lowest BCUT2D eigenvalue weighted by atomic mass is 10.0. The number of ether oxygens (including phenoxy) is 1. The summed E-state index contributed by atoms with van der Waals surface area (Å²) in [6.45, 7) is 11.5. The molecule has 0 saturated carbocycles. The van der Waals surface area contributed by atoms with Crippen molar-refractivity contribution in [3.05, 3.63) is 17.0 Å². The van der Waals surface area contributed by atoms with Gasteiger partial charge in [-0.05, 0) is 40.5 Å². The summed E-state index contributed by atoms with van der Waals surface area (Å²) in [6, 6.07) is 0. The Bertz CT molecular complexity index is 535. The third kappa shape index (κ3) is 5.34. The van der Waals surface area contributed by atoms with E-state index in [4.69, 9.17) is 9.73 Å². The van der Waals surface area contributed by atoms with Crippen molar-refractivity contribution in [3.63, 3.8) is 0 Å². The Labute approximate surface area is 156 Å². The van der Waals surface area contributed by atoms with Crippen molar-refractivity contribution in [1.82, 2.24) is 20.4 Å². The Balaban J connectivity index is 0.00000264. The zero-order chi connectivity index (χ0) is 16.2. The first-order valence-electron chi connectivity index (χ1n) is 8.10. The number of rotatable bonds is 5. The molecule has 6 nitrogen and oxygen atoms in total. The summed E-state index contributed by atoms with van der Waals surface area (Å²) in [4.78, 5) is 4.70. The van der Waals surface area contributed by atoms with E-state index in [1.165, 1.54) is 11.3 Å². The van der Waals surface area contributed by atoms with Crippen LogP contribution in [0.3, 0.4) is 0 Å². The van der Waals surface area contributed by atoms with Crippen LogP contribution in [0.15, 0.2) is 4.99 Å². The van der Waals surface area contributed by atoms with Gasteiger partial charge in [-0.2, -0.15) is 5.10 Å². The second-order valence-corrected chi connectivity index (χ2v) is 6.22. The third-order valence-electron chi connectivity index (χ3n) is 4.33. The van der Waals surface area contributed by atoms with Gasteiger partial charge in [0.05, 0.1) is 17.8 Å². The van der Waals surface area contributed by atoms with Crippen molar-refractivity contribution in [2.24, 2.45) is 12.0 Å². The summed E-state index contributed by atoms with van der Waals surface area (Å²) in [5.41, 5.74) is 3.34. The lowest BCUT2D eigenvalue weighted by Gasteiger charge is -2.24. The zero-order valence-corrected chi connectivity index (χ0v) is 17.2. The van der Waals surface area contributed by atoms with Crippen molar-refractivity contribution in [2.75, 3.05) is 19.7 Å². The summed E-state index contributed by atoms with van der Waals surface area (Å²) in [5.74, 6) is 0.835. The molecule has 0 radical (unpaired) electrons. The minimum Gasteiger partial charge on any atom is -0.373 e. The fourth-order valence-corrected chi connectivity index (χ4v) is 2.79. The maximum atomic E-state index is 5.81. The fraction of sp³-hybridized carbons (Fsp3) is 0.750. The molecular weight excluding hydrogens is 405 g/mol. The molecule has 2 rings (SSSR count). The number of aliphatic imine (C=N–C) groups is 1. The van der Waals surface area contributed by atoms with Gasteiger partial charge in [0.25, 0.3) is 0 Å². The largest absolute Gasteiger partial charge is 0.373 e. The molecule has 23 heavy (non-hydrogen) atoms. The summed E-state index contributed by atoms with van der Waals surface area (Å²) >= 11 is 0. The summed E-state index contributed by atoms with van der Waals surface area (Å²) in [7, 11) is 1.97. The molecule has 1 aromatic heterocycles. The molecule has 0 amide bonds. The van der Waals surface area contributed by atoms with Crippen LogP contribution in [0.25, 0.3) is 0 Å². The average Bonchev–Trinajstić information content (AvgIpc) is 3.00. The molecule has 1 unspecified atom stereocenters. The number of hydrogen-bond donors (Lipinski definition) is 2. The highest BCUT2D eigenvalue weighted by atomic mass is 127. The molecule has 1 aliphatic heterocycles. The number of halogens is 1. The topological polar surface area (TPSA) is 63.5 Å². The molecule has 0 spiro atoms. The van der Waals surface area contributed by atoms with E-state index in [-0.39, 0.29) is 29.6 Å². The van der Waals surface area contributed by atoms with Crippen LogP contribution in [0.2, 0.25) is 0 Å². The van der Waals surface area contributed by atoms with Gasteiger partial charge in [0.15, 0.2) is 5.96 Å². The first-order valence-corrected chi connectivity index (χ1v) is 8.10. The van der Waals surface area contributed by atoms with Crippen molar-refractivity contribution in [2.45, 2.75) is 52.7 Å². The van der Waals surface area contributed by atoms with Crippen LogP contribution in [0.1, 0.15) is 43.6 Å². The number of aromatic nitrogens is 2. The van der Waals surface area contributed by atoms with Crippen molar-refractivity contribution in [1.29, 1.82) is 0 Å². The zero-order valence-electron chi connectivity index (χ0n) is 14.9. The highest BCUT2D eigenvalue weighted by molar-refractivity contribution is 14.0. The Morgan fingerprint density at radius 1 is 1.39 bits per heavy atom. The number of nitrogens with zero attached hydrogens (tertiary/aromatic N) is 3. The minimum atomic E-state index is -0.0731. The second-order valence-electron chi connectivity index (χ2n) is 6.22. The van der Waals surface area contributed by atoms with Crippen LogP contribution < -0.4 is 10.6 Å². The van der Waals surface area contributed by atoms with E-state index >= 15 is 0 Å². The molecule has 0 aromatic carbocycles. The van der Waals surface area contributed by atoms with Gasteiger partial charge in [-0.15, -0.1) is 24.0 Å². The van der Waals surface area contributed by atoms with Gasteiger partial charge in [0.2, 0.25) is 0 Å². The lowest BCUT2D eigenvalue weighted by molar-refractivity contribution is 0.0243. The fourth-order valence-electron chi connectivity index (χ4n) is 2.79. The van der Waals surface area contributed by atoms with E-state index in [2.05, 4.69) is 36.5 Å². The molecule has 2 N–H and O–H groups in total. The van der Waals surface area contributed by atoms with Gasteiger partial charge < -0.3 is 15.4 Å². The van der Waals surface area contributed by atoms with Gasteiger partial charge in [0.1, 0.15) is 0 Å². The first-order chi connectivity index (χ1) is 10.4. The third-order valence-corrected chi connectivity index (χ3v) is 4.33. The number of nitrogens with one attached hydrogen (secondary N) is 2. The number of hydrogen-bond acceptors (Lipinski definition) is 3. The summed E-state index contributed by atoms with van der Waals surface area (Å²) < 4.78 is 7.73. The van der Waals surface area contributed by atoms with E-state index in [0.29, 0.717) is 6.54 Å². The van der Waals surface area contributed by atoms with Crippen LogP contribution in [0, 0.1) is 13.8 Å². The molecule has 0 aliphatic carbocycles. The van der Waals surface area contributed by atoms with Gasteiger partial charge >= 0.3 is 0 Å². The maximum Gasteiger partial charge on any atom is 0.191 e. The Morgan fingerprint density at radius 2 is 2.13 bits per heavy atom. The number of aryl methyl sites for hydroxylation is 2. The van der Waals surface area contributed by atoms with Crippen LogP contribution in [0.4, 0.5) is 0 Å². The molecule has 7 heteroatoms. The molecule has 1 aliphatic rings. The summed E-state index contributed by atoms with van der Waals surface area (Å²) in [5, 5.41) is 11.1. The molecule has 132 valence electrons. The first kappa shape index (κ1) is 20.2. The van der Waals surface area contributed by atoms with E-state index < -0.39 is 0 Å². The van der Waals surface area contributed by atoms with Crippen LogP contribution in [0.5, 0.6) is 0 Å². The molecule has 1 fully saturated rings. The van der Waals surface area contributed by atoms with E-state index in [1.54, 1.807) is 0 Å². The SMILES string of the molecule is CCNC(=NCc1c(C)nn(C)c1C)NCC1(C)CCCO1.I. The smallest absolute Gasteiger partial charge is 0.191 e. The molecule has 1 aromatic rings. The minimum absolute atomic E-state index is 0. The predicted octanol–water partition coefficient (Wildman–Crippen LogP) is 2.28. The van der Waals surface area contributed by atoms with Crippen molar-refractivity contribution < 1.29 is 4.74 Å². The van der Waals surface area contributed by atoms with Gasteiger partial charge in [-0.25, -0.2) is 4.99 Å². The standard InChI is InChI=1S/C16H29N5O.HI/c1-6-17-15(19-11-16(4)8-7-9-22-16)18-10-14-12(2)20-21(5)13(14)3;/h6-11H2,1-5H3,(H2,17,18,19);1H. The van der Waals surface area contributed by atoms with E-state index in [0.717, 1.165) is 44.2 Å². The predicted molar refractivity (Wildman–Crippen MR) is 105 cm³/mol. The molecule has 1 saturated heterocycles. The van der Waals surface area contributed by atoms with Gasteiger partial charge in [-0.3, -0.25) is 4.68 Å². The normalized spacial score (nSPS) is 21.2. The monoisotopic (exact) mass is 435 g/mol. The molecule has 1 atom stereocenters.